The summed E-state index contributed by atoms with van der Waals surface area (Å²) in [6, 6.07) is 0. The Kier molecular flexibility index (Phi) is 3.93. The molecule has 102 valence electrons. The normalized spacial score (nSPS) is 29.5. The van der Waals surface area contributed by atoms with Gasteiger partial charge in [-0.3, -0.25) is 9.59 Å². The molecule has 0 radical (unpaired) electrons. The quantitative estimate of drug-likeness (QED) is 0.839. The van der Waals surface area contributed by atoms with E-state index in [0.29, 0.717) is 19.4 Å². The van der Waals surface area contributed by atoms with E-state index in [1.54, 1.807) is 0 Å². The summed E-state index contributed by atoms with van der Waals surface area (Å²) in [5, 5.41) is 9.42. The number of hydrogen-bond acceptors (Lipinski definition) is 2. The summed E-state index contributed by atoms with van der Waals surface area (Å²) in [4.78, 5) is 25.6. The second-order valence-electron chi connectivity index (χ2n) is 5.78. The average molecular weight is 253 g/mol. The number of carbonyl (C=O) groups excluding carboxylic acids is 1. The number of aliphatic carboxylic acids is 1. The molecule has 1 atom stereocenters. The summed E-state index contributed by atoms with van der Waals surface area (Å²) in [6.07, 6.45) is 6.38. The molecule has 1 amide bonds. The minimum atomic E-state index is -0.742. The number of carboxylic acid groups (broad SMARTS) is 1. The van der Waals surface area contributed by atoms with Crippen molar-refractivity contribution in [2.24, 2.45) is 11.3 Å². The van der Waals surface area contributed by atoms with Gasteiger partial charge in [-0.25, -0.2) is 0 Å². The number of amides is 1. The van der Waals surface area contributed by atoms with Crippen LogP contribution in [0.3, 0.4) is 0 Å². The van der Waals surface area contributed by atoms with Crippen molar-refractivity contribution in [3.05, 3.63) is 0 Å². The summed E-state index contributed by atoms with van der Waals surface area (Å²) in [7, 11) is 0. The zero-order valence-corrected chi connectivity index (χ0v) is 11.2. The van der Waals surface area contributed by atoms with Crippen LogP contribution in [-0.2, 0) is 9.59 Å². The first-order chi connectivity index (χ1) is 8.59. The first-order valence-electron chi connectivity index (χ1n) is 7.11. The maximum Gasteiger partial charge on any atom is 0.311 e. The van der Waals surface area contributed by atoms with Crippen LogP contribution < -0.4 is 0 Å². The summed E-state index contributed by atoms with van der Waals surface area (Å²) in [5.74, 6) is -0.383. The predicted octanol–water partition coefficient (Wildman–Crippen LogP) is 2.28. The fraction of sp³-hybridized carbons (Fsp3) is 0.857. The van der Waals surface area contributed by atoms with Crippen molar-refractivity contribution >= 4 is 11.9 Å². The molecule has 1 N–H and O–H groups in total. The van der Waals surface area contributed by atoms with Crippen LogP contribution in [0.15, 0.2) is 0 Å². The Labute approximate surface area is 108 Å². The van der Waals surface area contributed by atoms with Gasteiger partial charge >= 0.3 is 5.97 Å². The number of piperidine rings is 1. The molecule has 1 aliphatic heterocycles. The van der Waals surface area contributed by atoms with E-state index in [1.165, 1.54) is 0 Å². The van der Waals surface area contributed by atoms with E-state index in [1.807, 2.05) is 11.8 Å². The molecule has 2 aliphatic rings. The molecule has 1 saturated heterocycles. The summed E-state index contributed by atoms with van der Waals surface area (Å²) in [5.41, 5.74) is -0.702. The van der Waals surface area contributed by atoms with E-state index in [2.05, 4.69) is 0 Å². The third-order valence-electron chi connectivity index (χ3n) is 4.72. The van der Waals surface area contributed by atoms with E-state index >= 15 is 0 Å². The van der Waals surface area contributed by atoms with E-state index in [9.17, 15) is 14.7 Å². The second kappa shape index (κ2) is 5.29. The molecule has 0 bridgehead atoms. The largest absolute Gasteiger partial charge is 0.481 e. The Morgan fingerprint density at radius 1 is 1.28 bits per heavy atom. The van der Waals surface area contributed by atoms with Crippen LogP contribution in [0.4, 0.5) is 0 Å². The Morgan fingerprint density at radius 3 is 2.50 bits per heavy atom. The molecule has 0 aromatic heterocycles. The average Bonchev–Trinajstić information content (AvgIpc) is 2.91. The maximum atomic E-state index is 12.4. The number of likely N-dealkylation sites (tertiary alicyclic amines) is 1. The zero-order chi connectivity index (χ0) is 13.2. The highest BCUT2D eigenvalue weighted by atomic mass is 16.4. The Morgan fingerprint density at radius 2 is 1.94 bits per heavy atom. The Balaban J connectivity index is 2.05. The molecule has 1 aliphatic carbocycles. The van der Waals surface area contributed by atoms with E-state index in [4.69, 9.17) is 0 Å². The highest BCUT2D eigenvalue weighted by Crippen LogP contribution is 2.35. The van der Waals surface area contributed by atoms with Crippen molar-refractivity contribution in [3.63, 3.8) is 0 Å². The van der Waals surface area contributed by atoms with Crippen LogP contribution in [-0.4, -0.2) is 35.0 Å². The lowest BCUT2D eigenvalue weighted by atomic mass is 9.77. The van der Waals surface area contributed by atoms with Gasteiger partial charge in [0.2, 0.25) is 5.91 Å². The third kappa shape index (κ3) is 2.38. The van der Waals surface area contributed by atoms with Crippen LogP contribution in [0.5, 0.6) is 0 Å². The van der Waals surface area contributed by atoms with Gasteiger partial charge in [0.25, 0.3) is 0 Å². The molecule has 0 spiro atoms. The number of nitrogens with zero attached hydrogens (tertiary/aromatic N) is 1. The van der Waals surface area contributed by atoms with Crippen LogP contribution in [0.2, 0.25) is 0 Å². The Bertz CT molecular complexity index is 336. The topological polar surface area (TPSA) is 57.6 Å². The number of carbonyl (C=O) groups is 2. The van der Waals surface area contributed by atoms with Crippen molar-refractivity contribution < 1.29 is 14.7 Å². The van der Waals surface area contributed by atoms with Gasteiger partial charge in [-0.1, -0.05) is 19.8 Å². The predicted molar refractivity (Wildman–Crippen MR) is 68.1 cm³/mol. The molecule has 1 saturated carbocycles. The summed E-state index contributed by atoms with van der Waals surface area (Å²) >= 11 is 0. The van der Waals surface area contributed by atoms with Crippen LogP contribution in [0.25, 0.3) is 0 Å². The minimum Gasteiger partial charge on any atom is -0.481 e. The van der Waals surface area contributed by atoms with Gasteiger partial charge in [0.15, 0.2) is 0 Å². The fourth-order valence-electron chi connectivity index (χ4n) is 3.37. The molecular formula is C14H23NO3. The second-order valence-corrected chi connectivity index (χ2v) is 5.78. The molecule has 4 heteroatoms. The zero-order valence-electron chi connectivity index (χ0n) is 11.2. The van der Waals surface area contributed by atoms with E-state index in [0.717, 1.165) is 38.6 Å². The fourth-order valence-corrected chi connectivity index (χ4v) is 3.37. The lowest BCUT2D eigenvalue weighted by molar-refractivity contribution is -0.156. The smallest absolute Gasteiger partial charge is 0.311 e. The maximum absolute atomic E-state index is 12.4. The van der Waals surface area contributed by atoms with Gasteiger partial charge in [-0.2, -0.15) is 0 Å². The van der Waals surface area contributed by atoms with Gasteiger partial charge in [-0.05, 0) is 32.1 Å². The monoisotopic (exact) mass is 253 g/mol. The van der Waals surface area contributed by atoms with E-state index in [-0.39, 0.29) is 11.8 Å². The van der Waals surface area contributed by atoms with Crippen molar-refractivity contribution in [2.75, 3.05) is 13.1 Å². The first-order valence-corrected chi connectivity index (χ1v) is 7.11. The molecule has 2 rings (SSSR count). The molecule has 1 unspecified atom stereocenters. The molecule has 2 fully saturated rings. The van der Waals surface area contributed by atoms with Crippen LogP contribution in [0.1, 0.15) is 51.9 Å². The van der Waals surface area contributed by atoms with E-state index < -0.39 is 11.4 Å². The number of rotatable bonds is 3. The van der Waals surface area contributed by atoms with Gasteiger partial charge in [-0.15, -0.1) is 0 Å². The van der Waals surface area contributed by atoms with Gasteiger partial charge in [0.1, 0.15) is 0 Å². The minimum absolute atomic E-state index is 0.159. The van der Waals surface area contributed by atoms with Gasteiger partial charge in [0, 0.05) is 19.0 Å². The highest BCUT2D eigenvalue weighted by molar-refractivity contribution is 5.81. The molecule has 18 heavy (non-hydrogen) atoms. The van der Waals surface area contributed by atoms with Crippen molar-refractivity contribution in [1.82, 2.24) is 4.90 Å². The standard InChI is InChI=1S/C14H23NO3/c1-2-14(13(17)18)8-5-9-15(10-14)12(16)11-6-3-4-7-11/h11H,2-10H2,1H3,(H,17,18). The summed E-state index contributed by atoms with van der Waals surface area (Å²) in [6.45, 7) is 3.07. The molecular weight excluding hydrogens is 230 g/mol. The first kappa shape index (κ1) is 13.4. The van der Waals surface area contributed by atoms with Crippen molar-refractivity contribution in [3.8, 4) is 0 Å². The molecule has 1 heterocycles. The SMILES string of the molecule is CCC1(C(=O)O)CCCN(C(=O)C2CCCC2)C1. The molecule has 0 aromatic rings. The molecule has 0 aromatic carbocycles. The van der Waals surface area contributed by atoms with Crippen molar-refractivity contribution in [1.29, 1.82) is 0 Å². The number of hydrogen-bond donors (Lipinski definition) is 1. The Hall–Kier alpha value is -1.06. The lowest BCUT2D eigenvalue weighted by Gasteiger charge is -2.40. The van der Waals surface area contributed by atoms with Gasteiger partial charge < -0.3 is 10.0 Å². The molecule has 4 nitrogen and oxygen atoms in total. The number of carboxylic acids is 1. The van der Waals surface area contributed by atoms with Crippen molar-refractivity contribution in [2.45, 2.75) is 51.9 Å². The van der Waals surface area contributed by atoms with Crippen LogP contribution >= 0.6 is 0 Å². The van der Waals surface area contributed by atoms with Crippen LogP contribution in [0, 0.1) is 11.3 Å². The van der Waals surface area contributed by atoms with Gasteiger partial charge in [0.05, 0.1) is 5.41 Å². The summed E-state index contributed by atoms with van der Waals surface area (Å²) < 4.78 is 0. The third-order valence-corrected chi connectivity index (χ3v) is 4.72. The lowest BCUT2D eigenvalue weighted by Crippen LogP contribution is -2.50. The highest BCUT2D eigenvalue weighted by Gasteiger charge is 2.43.